The Hall–Kier alpha value is -1.21. The molecule has 2 aliphatic heterocycles. The molecule has 0 spiro atoms. The summed E-state index contributed by atoms with van der Waals surface area (Å²) in [5.41, 5.74) is 2.39. The van der Waals surface area contributed by atoms with Crippen molar-refractivity contribution in [1.29, 1.82) is 0 Å². The van der Waals surface area contributed by atoms with Crippen LogP contribution < -0.4 is 10.6 Å². The smallest absolute Gasteiger partial charge is 0.184 e. The Bertz CT molecular complexity index is 960. The van der Waals surface area contributed by atoms with Gasteiger partial charge in [0.15, 0.2) is 9.84 Å². The molecule has 2 heterocycles. The number of benzene rings is 2. The van der Waals surface area contributed by atoms with Crippen LogP contribution in [0.1, 0.15) is 56.6 Å². The van der Waals surface area contributed by atoms with Gasteiger partial charge in [-0.2, -0.15) is 0 Å². The quantitative estimate of drug-likeness (QED) is 0.446. The summed E-state index contributed by atoms with van der Waals surface area (Å²) in [6.07, 6.45) is 7.88. The molecule has 0 radical (unpaired) electrons. The van der Waals surface area contributed by atoms with Crippen LogP contribution >= 0.6 is 15.9 Å². The fourth-order valence-corrected chi connectivity index (χ4v) is 7.50. The van der Waals surface area contributed by atoms with E-state index in [1.807, 2.05) is 36.4 Å². The minimum absolute atomic E-state index is 0.0335. The fraction of sp³-hybridized carbons (Fsp3) is 0.520. The Kier molecular flexibility index (Phi) is 7.52. The zero-order valence-corrected chi connectivity index (χ0v) is 20.6. The highest BCUT2D eigenvalue weighted by molar-refractivity contribution is 9.10. The fourth-order valence-electron chi connectivity index (χ4n) is 5.09. The summed E-state index contributed by atoms with van der Waals surface area (Å²) in [7, 11) is -3.41. The van der Waals surface area contributed by atoms with Gasteiger partial charge in [0.05, 0.1) is 10.1 Å². The lowest BCUT2D eigenvalue weighted by atomic mass is 9.94. The van der Waals surface area contributed by atoms with Crippen molar-refractivity contribution in [3.05, 3.63) is 64.1 Å². The lowest BCUT2D eigenvalue weighted by Gasteiger charge is -2.30. The Morgan fingerprint density at radius 3 is 2.32 bits per heavy atom. The molecule has 4 atom stereocenters. The van der Waals surface area contributed by atoms with Gasteiger partial charge in [-0.05, 0) is 61.1 Å². The Labute approximate surface area is 195 Å². The van der Waals surface area contributed by atoms with Crippen LogP contribution in [0.5, 0.6) is 0 Å². The summed E-state index contributed by atoms with van der Waals surface area (Å²) < 4.78 is 28.3. The zero-order valence-electron chi connectivity index (χ0n) is 18.2. The van der Waals surface area contributed by atoms with Crippen molar-refractivity contribution in [3.8, 4) is 0 Å². The second-order valence-electron chi connectivity index (χ2n) is 8.95. The molecule has 2 aliphatic rings. The first kappa shape index (κ1) is 23.0. The van der Waals surface area contributed by atoms with Crippen molar-refractivity contribution >= 4 is 25.8 Å². The first-order valence-electron chi connectivity index (χ1n) is 11.6. The molecule has 2 fully saturated rings. The summed E-state index contributed by atoms with van der Waals surface area (Å²) in [6, 6.07) is 16.0. The molecular formula is C25H33BrN2O2S. The van der Waals surface area contributed by atoms with Gasteiger partial charge in [0.2, 0.25) is 0 Å². The molecule has 0 aromatic heterocycles. The van der Waals surface area contributed by atoms with Crippen molar-refractivity contribution in [2.24, 2.45) is 0 Å². The molecule has 4 nitrogen and oxygen atoms in total. The van der Waals surface area contributed by atoms with E-state index in [4.69, 9.17) is 0 Å². The van der Waals surface area contributed by atoms with E-state index in [1.54, 1.807) is 0 Å². The molecule has 2 saturated heterocycles. The second-order valence-corrected chi connectivity index (χ2v) is 12.0. The lowest BCUT2D eigenvalue weighted by molar-refractivity contribution is 0.409. The van der Waals surface area contributed by atoms with E-state index >= 15 is 0 Å². The van der Waals surface area contributed by atoms with Crippen LogP contribution in [0.15, 0.2) is 57.9 Å². The first-order chi connectivity index (χ1) is 15.0. The van der Waals surface area contributed by atoms with Crippen LogP contribution in [0.3, 0.4) is 0 Å². The zero-order chi connectivity index (χ0) is 21.8. The SMILES string of the molecule is CCCCCCc1ccc(S(=O)(=O)[C@H]2[C@H](NCc3ccc(Br)cc3)[C@@H]3CC[C@H]2N3)cc1. The Balaban J connectivity index is 1.45. The number of nitrogens with one attached hydrogen (secondary N) is 2. The van der Waals surface area contributed by atoms with E-state index < -0.39 is 15.1 Å². The van der Waals surface area contributed by atoms with E-state index in [0.29, 0.717) is 11.4 Å². The summed E-state index contributed by atoms with van der Waals surface area (Å²) in [5, 5.41) is 6.70. The number of unbranched alkanes of at least 4 members (excludes halogenated alkanes) is 3. The third kappa shape index (κ3) is 5.24. The van der Waals surface area contributed by atoms with Gasteiger partial charge >= 0.3 is 0 Å². The molecule has 2 aromatic rings. The van der Waals surface area contributed by atoms with Gasteiger partial charge in [0.1, 0.15) is 0 Å². The number of aryl methyl sites for hydroxylation is 1. The predicted molar refractivity (Wildman–Crippen MR) is 130 cm³/mol. The maximum atomic E-state index is 13.6. The van der Waals surface area contributed by atoms with Crippen molar-refractivity contribution in [2.45, 2.75) is 86.7 Å². The normalized spacial score (nSPS) is 25.2. The van der Waals surface area contributed by atoms with Crippen LogP contribution in [0.2, 0.25) is 0 Å². The van der Waals surface area contributed by atoms with Crippen molar-refractivity contribution in [3.63, 3.8) is 0 Å². The molecule has 2 aromatic carbocycles. The third-order valence-electron chi connectivity index (χ3n) is 6.79. The monoisotopic (exact) mass is 504 g/mol. The van der Waals surface area contributed by atoms with Gasteiger partial charge in [-0.1, -0.05) is 66.4 Å². The number of sulfone groups is 1. The van der Waals surface area contributed by atoms with E-state index in [9.17, 15) is 8.42 Å². The standard InChI is InChI=1S/C25H33BrN2O2S/c1-2-3-4-5-6-18-9-13-21(14-10-18)31(29,30)25-23-16-15-22(28-23)24(25)27-17-19-7-11-20(26)12-8-19/h7-14,22-25,27-28H,2-6,15-17H2,1H3/t22-,23+,24+,25+/m0/s1. The lowest BCUT2D eigenvalue weighted by Crippen LogP contribution is -2.50. The van der Waals surface area contributed by atoms with Crippen molar-refractivity contribution in [2.75, 3.05) is 0 Å². The Morgan fingerprint density at radius 2 is 1.61 bits per heavy atom. The molecule has 2 N–H and O–H groups in total. The summed E-state index contributed by atoms with van der Waals surface area (Å²) in [4.78, 5) is 0.458. The maximum Gasteiger partial charge on any atom is 0.184 e. The molecule has 2 bridgehead atoms. The van der Waals surface area contributed by atoms with Crippen LogP contribution in [-0.2, 0) is 22.8 Å². The molecule has 31 heavy (non-hydrogen) atoms. The summed E-state index contributed by atoms with van der Waals surface area (Å²) in [6.45, 7) is 2.89. The van der Waals surface area contributed by atoms with Gasteiger partial charge in [0.25, 0.3) is 0 Å². The third-order valence-corrected chi connectivity index (χ3v) is 9.58. The average Bonchev–Trinajstić information content (AvgIpc) is 3.39. The van der Waals surface area contributed by atoms with Crippen LogP contribution in [0.4, 0.5) is 0 Å². The highest BCUT2D eigenvalue weighted by Crippen LogP contribution is 2.36. The van der Waals surface area contributed by atoms with Gasteiger partial charge in [-0.25, -0.2) is 8.42 Å². The van der Waals surface area contributed by atoms with Crippen LogP contribution in [0, 0.1) is 0 Å². The number of fused-ring (bicyclic) bond motifs is 2. The van der Waals surface area contributed by atoms with Crippen molar-refractivity contribution < 1.29 is 8.42 Å². The van der Waals surface area contributed by atoms with E-state index in [2.05, 4.69) is 45.6 Å². The Morgan fingerprint density at radius 1 is 0.935 bits per heavy atom. The number of halogens is 1. The molecule has 0 saturated carbocycles. The van der Waals surface area contributed by atoms with Gasteiger partial charge in [0, 0.05) is 29.1 Å². The van der Waals surface area contributed by atoms with Gasteiger partial charge in [-0.15, -0.1) is 0 Å². The van der Waals surface area contributed by atoms with E-state index in [-0.39, 0.29) is 18.1 Å². The predicted octanol–water partition coefficient (Wildman–Crippen LogP) is 5.01. The highest BCUT2D eigenvalue weighted by Gasteiger charge is 2.53. The maximum absolute atomic E-state index is 13.6. The number of hydrogen-bond donors (Lipinski definition) is 2. The van der Waals surface area contributed by atoms with Gasteiger partial charge < -0.3 is 10.6 Å². The second kappa shape index (κ2) is 10.2. The molecule has 4 rings (SSSR count). The molecule has 6 heteroatoms. The highest BCUT2D eigenvalue weighted by atomic mass is 79.9. The molecule has 0 unspecified atom stereocenters. The summed E-state index contributed by atoms with van der Waals surface area (Å²) >= 11 is 3.47. The topological polar surface area (TPSA) is 58.2 Å². The first-order valence-corrected chi connectivity index (χ1v) is 13.9. The minimum Gasteiger partial charge on any atom is -0.308 e. The molecule has 0 amide bonds. The van der Waals surface area contributed by atoms with Crippen molar-refractivity contribution in [1.82, 2.24) is 10.6 Å². The van der Waals surface area contributed by atoms with Crippen LogP contribution in [-0.4, -0.2) is 31.8 Å². The van der Waals surface area contributed by atoms with Gasteiger partial charge in [-0.3, -0.25) is 0 Å². The van der Waals surface area contributed by atoms with E-state index in [0.717, 1.165) is 35.7 Å². The van der Waals surface area contributed by atoms with E-state index in [1.165, 1.54) is 24.8 Å². The molecular weight excluding hydrogens is 472 g/mol. The average molecular weight is 506 g/mol. The minimum atomic E-state index is -3.41. The molecule has 0 aliphatic carbocycles. The molecule has 168 valence electrons. The number of rotatable bonds is 10. The largest absolute Gasteiger partial charge is 0.308 e. The summed E-state index contributed by atoms with van der Waals surface area (Å²) in [5.74, 6) is 0. The number of hydrogen-bond acceptors (Lipinski definition) is 4. The van der Waals surface area contributed by atoms with Crippen LogP contribution in [0.25, 0.3) is 0 Å².